The zero-order chi connectivity index (χ0) is 8.27. The van der Waals surface area contributed by atoms with Crippen molar-refractivity contribution in [1.29, 1.82) is 0 Å². The zero-order valence-electron chi connectivity index (χ0n) is 6.14. The summed E-state index contributed by atoms with van der Waals surface area (Å²) in [6, 6.07) is 0. The fourth-order valence-electron chi connectivity index (χ4n) is 0.740. The average Bonchev–Trinajstić information content (AvgIpc) is 2.37. The predicted octanol–water partition coefficient (Wildman–Crippen LogP) is -1.08. The summed E-state index contributed by atoms with van der Waals surface area (Å²) in [6.07, 6.45) is 1.11. The number of hydrogen-bond acceptors (Lipinski definition) is 4. The first-order chi connectivity index (χ1) is 5.24. The molecule has 0 saturated carbocycles. The van der Waals surface area contributed by atoms with Gasteiger partial charge in [0.25, 0.3) is 0 Å². The Hall–Kier alpha value is -1.23. The zero-order valence-corrected chi connectivity index (χ0v) is 6.14. The molecule has 1 aromatic rings. The molecule has 0 saturated heterocycles. The van der Waals surface area contributed by atoms with Gasteiger partial charge in [0.15, 0.2) is 0 Å². The second kappa shape index (κ2) is 3.25. The van der Waals surface area contributed by atoms with E-state index in [1.807, 2.05) is 0 Å². The maximum absolute atomic E-state index is 10.0. The highest BCUT2D eigenvalue weighted by molar-refractivity contribution is 5.55. The van der Waals surface area contributed by atoms with Gasteiger partial charge in [-0.2, -0.15) is 5.10 Å². The predicted molar refractivity (Wildman–Crippen MR) is 36.8 cm³/mol. The van der Waals surface area contributed by atoms with Gasteiger partial charge in [0.05, 0.1) is 0 Å². The van der Waals surface area contributed by atoms with Gasteiger partial charge in [-0.05, 0) is 0 Å². The Kier molecular flexibility index (Phi) is 2.32. The van der Waals surface area contributed by atoms with E-state index >= 15 is 0 Å². The minimum Gasteiger partial charge on any atom is -0.385 e. The Morgan fingerprint density at radius 3 is 3.09 bits per heavy atom. The van der Waals surface area contributed by atoms with E-state index in [4.69, 9.17) is 5.11 Å². The molecule has 1 heterocycles. The van der Waals surface area contributed by atoms with E-state index in [1.54, 1.807) is 7.05 Å². The molecule has 5 nitrogen and oxygen atoms in total. The molecule has 0 bridgehead atoms. The van der Waals surface area contributed by atoms with Crippen molar-refractivity contribution in [3.05, 3.63) is 12.2 Å². The number of nitrogens with zero attached hydrogens (tertiary/aromatic N) is 3. The van der Waals surface area contributed by atoms with Crippen LogP contribution in [0.25, 0.3) is 0 Å². The largest absolute Gasteiger partial charge is 0.385 e. The lowest BCUT2D eigenvalue weighted by Gasteiger charge is -2.00. The van der Waals surface area contributed by atoms with Crippen LogP contribution >= 0.6 is 0 Å². The number of aldehydes is 1. The maximum Gasteiger partial charge on any atom is 0.148 e. The molecular formula is C6H9N3O2. The summed E-state index contributed by atoms with van der Waals surface area (Å²) in [5, 5.41) is 12.7. The van der Waals surface area contributed by atoms with Gasteiger partial charge in [0, 0.05) is 13.5 Å². The van der Waals surface area contributed by atoms with E-state index in [0.29, 0.717) is 12.1 Å². The van der Waals surface area contributed by atoms with Crippen LogP contribution in [0.4, 0.5) is 0 Å². The minimum absolute atomic E-state index is 0.222. The normalized spacial score (nSPS) is 12.9. The molecule has 0 aliphatic carbocycles. The molecule has 1 unspecified atom stereocenters. The van der Waals surface area contributed by atoms with E-state index < -0.39 is 6.10 Å². The molecule has 60 valence electrons. The van der Waals surface area contributed by atoms with E-state index in [1.165, 1.54) is 11.0 Å². The van der Waals surface area contributed by atoms with Crippen LogP contribution in [0.5, 0.6) is 0 Å². The third-order valence-electron chi connectivity index (χ3n) is 1.35. The average molecular weight is 155 g/mol. The highest BCUT2D eigenvalue weighted by Crippen LogP contribution is 1.94. The van der Waals surface area contributed by atoms with Crippen LogP contribution < -0.4 is 0 Å². The Balaban J connectivity index is 2.63. The molecule has 0 fully saturated rings. The number of aliphatic hydroxyl groups excluding tert-OH is 1. The third-order valence-corrected chi connectivity index (χ3v) is 1.35. The molecule has 0 aliphatic heterocycles. The van der Waals surface area contributed by atoms with Crippen molar-refractivity contribution in [2.24, 2.45) is 7.05 Å². The van der Waals surface area contributed by atoms with Gasteiger partial charge in [0.2, 0.25) is 0 Å². The maximum atomic E-state index is 10.0. The monoisotopic (exact) mass is 155 g/mol. The van der Waals surface area contributed by atoms with Crippen LogP contribution in [0.3, 0.4) is 0 Å². The summed E-state index contributed by atoms with van der Waals surface area (Å²) in [6.45, 7) is 0. The molecule has 0 aromatic carbocycles. The van der Waals surface area contributed by atoms with Gasteiger partial charge in [-0.3, -0.25) is 4.68 Å². The lowest BCUT2D eigenvalue weighted by molar-refractivity contribution is -0.114. The second-order valence-electron chi connectivity index (χ2n) is 2.21. The number of carbonyl (C=O) groups is 1. The lowest BCUT2D eigenvalue weighted by atomic mass is 10.3. The van der Waals surface area contributed by atoms with Gasteiger partial charge < -0.3 is 9.90 Å². The molecular weight excluding hydrogens is 146 g/mol. The van der Waals surface area contributed by atoms with Crippen LogP contribution in [-0.2, 0) is 18.3 Å². The summed E-state index contributed by atoms with van der Waals surface area (Å²) < 4.78 is 1.52. The molecule has 0 spiro atoms. The van der Waals surface area contributed by atoms with E-state index in [-0.39, 0.29) is 6.42 Å². The summed E-state index contributed by atoms with van der Waals surface area (Å²) in [4.78, 5) is 13.9. The fraction of sp³-hybridized carbons (Fsp3) is 0.500. The summed E-state index contributed by atoms with van der Waals surface area (Å²) >= 11 is 0. The first kappa shape index (κ1) is 7.87. The number of carbonyl (C=O) groups excluding carboxylic acids is 1. The first-order valence-electron chi connectivity index (χ1n) is 3.20. The number of aryl methyl sites for hydroxylation is 1. The Morgan fingerprint density at radius 1 is 1.91 bits per heavy atom. The molecule has 1 rings (SSSR count). The van der Waals surface area contributed by atoms with Crippen LogP contribution in [0.1, 0.15) is 5.82 Å². The Bertz CT molecular complexity index is 246. The Labute approximate surface area is 63.7 Å². The van der Waals surface area contributed by atoms with Crippen molar-refractivity contribution in [1.82, 2.24) is 14.8 Å². The SMILES string of the molecule is Cn1ncnc1CC(O)C=O. The van der Waals surface area contributed by atoms with Crippen LogP contribution in [-0.4, -0.2) is 32.3 Å². The number of aliphatic hydroxyl groups is 1. The fourth-order valence-corrected chi connectivity index (χ4v) is 0.740. The minimum atomic E-state index is -0.974. The van der Waals surface area contributed by atoms with Gasteiger partial charge in [0.1, 0.15) is 24.5 Å². The molecule has 0 amide bonds. The van der Waals surface area contributed by atoms with Gasteiger partial charge >= 0.3 is 0 Å². The van der Waals surface area contributed by atoms with Crippen LogP contribution in [0.15, 0.2) is 6.33 Å². The third kappa shape index (κ3) is 1.84. The molecule has 0 radical (unpaired) electrons. The van der Waals surface area contributed by atoms with Gasteiger partial charge in [-0.1, -0.05) is 0 Å². The van der Waals surface area contributed by atoms with E-state index in [9.17, 15) is 4.79 Å². The number of aromatic nitrogens is 3. The van der Waals surface area contributed by atoms with Crippen LogP contribution in [0, 0.1) is 0 Å². The smallest absolute Gasteiger partial charge is 0.148 e. The quantitative estimate of drug-likeness (QED) is 0.563. The molecule has 11 heavy (non-hydrogen) atoms. The summed E-state index contributed by atoms with van der Waals surface area (Å²) in [5.74, 6) is 0.601. The standard InChI is InChI=1S/C6H9N3O2/c1-9-6(7-4-8-9)2-5(11)3-10/h3-5,11H,2H2,1H3. The first-order valence-corrected chi connectivity index (χ1v) is 3.20. The lowest BCUT2D eigenvalue weighted by Crippen LogP contribution is -2.15. The molecule has 0 aliphatic rings. The summed E-state index contributed by atoms with van der Waals surface area (Å²) in [5.41, 5.74) is 0. The summed E-state index contributed by atoms with van der Waals surface area (Å²) in [7, 11) is 1.71. The van der Waals surface area contributed by atoms with Crippen molar-refractivity contribution in [3.63, 3.8) is 0 Å². The second-order valence-corrected chi connectivity index (χ2v) is 2.21. The topological polar surface area (TPSA) is 68.0 Å². The molecule has 5 heteroatoms. The van der Waals surface area contributed by atoms with Crippen LogP contribution in [0.2, 0.25) is 0 Å². The van der Waals surface area contributed by atoms with Crippen molar-refractivity contribution < 1.29 is 9.90 Å². The van der Waals surface area contributed by atoms with Crippen molar-refractivity contribution in [2.45, 2.75) is 12.5 Å². The van der Waals surface area contributed by atoms with Crippen molar-refractivity contribution >= 4 is 6.29 Å². The Morgan fingerprint density at radius 2 is 2.64 bits per heavy atom. The van der Waals surface area contributed by atoms with Gasteiger partial charge in [-0.25, -0.2) is 4.98 Å². The van der Waals surface area contributed by atoms with E-state index in [0.717, 1.165) is 0 Å². The van der Waals surface area contributed by atoms with E-state index in [2.05, 4.69) is 10.1 Å². The number of hydrogen-bond donors (Lipinski definition) is 1. The molecule has 1 aromatic heterocycles. The molecule has 1 N–H and O–H groups in total. The molecule has 1 atom stereocenters. The number of rotatable bonds is 3. The van der Waals surface area contributed by atoms with Crippen molar-refractivity contribution in [3.8, 4) is 0 Å². The van der Waals surface area contributed by atoms with Crippen molar-refractivity contribution in [2.75, 3.05) is 0 Å². The highest BCUT2D eigenvalue weighted by Gasteiger charge is 2.07. The highest BCUT2D eigenvalue weighted by atomic mass is 16.3. The van der Waals surface area contributed by atoms with Gasteiger partial charge in [-0.15, -0.1) is 0 Å².